The molecule has 2 amide bonds. The molecular weight excluding hydrogens is 468 g/mol. The number of carbonyl (C=O) groups excluding carboxylic acids is 2. The number of aromatic nitrogens is 2. The highest BCUT2D eigenvalue weighted by atomic mass is 16.6. The summed E-state index contributed by atoms with van der Waals surface area (Å²) in [5, 5.41) is 3.02. The number of aromatic amines is 1. The van der Waals surface area contributed by atoms with Gasteiger partial charge in [-0.25, -0.2) is 4.98 Å². The van der Waals surface area contributed by atoms with E-state index in [0.717, 1.165) is 48.3 Å². The quantitative estimate of drug-likeness (QED) is 0.508. The molecule has 0 radical (unpaired) electrons. The van der Waals surface area contributed by atoms with E-state index in [-0.39, 0.29) is 36.0 Å². The zero-order chi connectivity index (χ0) is 25.2. The van der Waals surface area contributed by atoms with E-state index in [1.54, 1.807) is 6.20 Å². The van der Waals surface area contributed by atoms with Crippen molar-refractivity contribution in [3.05, 3.63) is 89.5 Å². The van der Waals surface area contributed by atoms with Gasteiger partial charge in [-0.15, -0.1) is 0 Å². The molecule has 192 valence electrons. The maximum absolute atomic E-state index is 13.8. The molecule has 1 saturated carbocycles. The molecule has 1 aliphatic carbocycles. The second kappa shape index (κ2) is 10.5. The molecule has 37 heavy (non-hydrogen) atoms. The van der Waals surface area contributed by atoms with Crippen molar-refractivity contribution >= 4 is 11.8 Å². The Morgan fingerprint density at radius 1 is 0.946 bits per heavy atom. The van der Waals surface area contributed by atoms with Gasteiger partial charge in [0.05, 0.1) is 31.1 Å². The van der Waals surface area contributed by atoms with E-state index in [2.05, 4.69) is 15.3 Å². The first-order chi connectivity index (χ1) is 18.2. The molecule has 3 fully saturated rings. The summed E-state index contributed by atoms with van der Waals surface area (Å²) in [6, 6.07) is 18.7. The number of benzene rings is 2. The SMILES string of the molecule is O=C(N[C@@H](C(=O)N1CCC[C@H]1c1ncc(C2COC(c3ccccc3)CO2)[nH]1)c1ccccc1)C1CC1. The number of rotatable bonds is 7. The Morgan fingerprint density at radius 2 is 1.65 bits per heavy atom. The van der Waals surface area contributed by atoms with Crippen molar-refractivity contribution in [2.45, 2.75) is 50.0 Å². The molecule has 2 unspecified atom stereocenters. The number of imidazole rings is 1. The number of carbonyl (C=O) groups is 2. The fraction of sp³-hybridized carbons (Fsp3) is 0.414. The normalized spacial score (nSPS) is 24.5. The minimum atomic E-state index is -0.700. The van der Waals surface area contributed by atoms with Gasteiger partial charge in [0, 0.05) is 12.5 Å². The molecule has 0 bridgehead atoms. The Hall–Kier alpha value is -3.49. The van der Waals surface area contributed by atoms with Crippen LogP contribution >= 0.6 is 0 Å². The number of nitrogens with one attached hydrogen (secondary N) is 2. The summed E-state index contributed by atoms with van der Waals surface area (Å²) in [4.78, 5) is 36.4. The molecule has 1 aromatic heterocycles. The molecule has 3 aliphatic rings. The highest BCUT2D eigenvalue weighted by Crippen LogP contribution is 2.36. The van der Waals surface area contributed by atoms with E-state index >= 15 is 0 Å². The number of nitrogens with zero attached hydrogens (tertiary/aromatic N) is 2. The van der Waals surface area contributed by atoms with Crippen LogP contribution in [0.2, 0.25) is 0 Å². The van der Waals surface area contributed by atoms with Crippen molar-refractivity contribution in [1.29, 1.82) is 0 Å². The van der Waals surface area contributed by atoms with Crippen LogP contribution in [0.4, 0.5) is 0 Å². The van der Waals surface area contributed by atoms with E-state index in [0.29, 0.717) is 19.8 Å². The standard InChI is InChI=1S/C29H32N4O4/c34-28(21-13-14-21)32-26(20-10-5-2-6-11-20)29(35)33-15-7-12-23(33)27-30-16-22(31-27)25-18-36-24(17-37-25)19-8-3-1-4-9-19/h1-6,8-11,16,21,23-26H,7,12-15,17-18H2,(H,30,31)(H,32,34)/t23-,24?,25?,26+/m0/s1. The smallest absolute Gasteiger partial charge is 0.250 e. The predicted octanol–water partition coefficient (Wildman–Crippen LogP) is 4.17. The summed E-state index contributed by atoms with van der Waals surface area (Å²) < 4.78 is 12.2. The van der Waals surface area contributed by atoms with Gasteiger partial charge in [-0.2, -0.15) is 0 Å². The lowest BCUT2D eigenvalue weighted by atomic mass is 10.0. The largest absolute Gasteiger partial charge is 0.368 e. The predicted molar refractivity (Wildman–Crippen MR) is 136 cm³/mol. The lowest BCUT2D eigenvalue weighted by molar-refractivity contribution is -0.139. The minimum absolute atomic E-state index is 0.0280. The molecular formula is C29H32N4O4. The number of amides is 2. The van der Waals surface area contributed by atoms with Crippen LogP contribution < -0.4 is 5.32 Å². The van der Waals surface area contributed by atoms with Crippen LogP contribution in [-0.4, -0.2) is 46.4 Å². The topological polar surface area (TPSA) is 96.6 Å². The second-order valence-electron chi connectivity index (χ2n) is 10.1. The lowest BCUT2D eigenvalue weighted by Gasteiger charge is -2.30. The molecule has 8 heteroatoms. The number of H-pyrrole nitrogens is 1. The van der Waals surface area contributed by atoms with Crippen molar-refractivity contribution in [3.8, 4) is 0 Å². The van der Waals surface area contributed by atoms with Crippen molar-refractivity contribution in [2.75, 3.05) is 19.8 Å². The van der Waals surface area contributed by atoms with Gasteiger partial charge in [0.2, 0.25) is 11.8 Å². The Balaban J connectivity index is 1.15. The Labute approximate surface area is 216 Å². The third-order valence-electron chi connectivity index (χ3n) is 7.50. The van der Waals surface area contributed by atoms with Crippen LogP contribution in [0.15, 0.2) is 66.9 Å². The molecule has 0 spiro atoms. The molecule has 2 aliphatic heterocycles. The van der Waals surface area contributed by atoms with Crippen molar-refractivity contribution in [2.24, 2.45) is 5.92 Å². The maximum atomic E-state index is 13.8. The fourth-order valence-corrected chi connectivity index (χ4v) is 5.25. The molecule has 8 nitrogen and oxygen atoms in total. The third kappa shape index (κ3) is 5.17. The summed E-state index contributed by atoms with van der Waals surface area (Å²) >= 11 is 0. The molecule has 2 aromatic carbocycles. The average Bonchev–Trinajstić information content (AvgIpc) is 3.49. The van der Waals surface area contributed by atoms with Gasteiger partial charge in [-0.1, -0.05) is 60.7 Å². The summed E-state index contributed by atoms with van der Waals surface area (Å²) in [6.45, 7) is 1.53. The van der Waals surface area contributed by atoms with Gasteiger partial charge in [0.15, 0.2) is 0 Å². The number of hydrogen-bond acceptors (Lipinski definition) is 5. The molecule has 2 N–H and O–H groups in total. The van der Waals surface area contributed by atoms with Gasteiger partial charge in [-0.3, -0.25) is 9.59 Å². The highest BCUT2D eigenvalue weighted by molar-refractivity contribution is 5.90. The summed E-state index contributed by atoms with van der Waals surface area (Å²) in [5.74, 6) is 0.639. The van der Waals surface area contributed by atoms with E-state index in [9.17, 15) is 9.59 Å². The molecule has 4 atom stereocenters. The number of hydrogen-bond donors (Lipinski definition) is 2. The monoisotopic (exact) mass is 500 g/mol. The van der Waals surface area contributed by atoms with Gasteiger partial charge in [0.25, 0.3) is 0 Å². The van der Waals surface area contributed by atoms with Gasteiger partial charge in [0.1, 0.15) is 24.1 Å². The first-order valence-electron chi connectivity index (χ1n) is 13.2. The maximum Gasteiger partial charge on any atom is 0.250 e. The zero-order valence-electron chi connectivity index (χ0n) is 20.7. The second-order valence-corrected chi connectivity index (χ2v) is 10.1. The van der Waals surface area contributed by atoms with Crippen LogP contribution in [-0.2, 0) is 19.1 Å². The first kappa shape index (κ1) is 23.9. The number of likely N-dealkylation sites (tertiary alicyclic amines) is 1. The van der Waals surface area contributed by atoms with Gasteiger partial charge in [-0.05, 0) is 36.8 Å². The Bertz CT molecular complexity index is 1220. The summed E-state index contributed by atoms with van der Waals surface area (Å²) in [7, 11) is 0. The summed E-state index contributed by atoms with van der Waals surface area (Å²) in [5.41, 5.74) is 2.75. The Kier molecular flexibility index (Phi) is 6.76. The van der Waals surface area contributed by atoms with Crippen LogP contribution in [0, 0.1) is 5.92 Å². The van der Waals surface area contributed by atoms with E-state index < -0.39 is 6.04 Å². The van der Waals surface area contributed by atoms with Crippen LogP contribution in [0.25, 0.3) is 0 Å². The Morgan fingerprint density at radius 3 is 2.35 bits per heavy atom. The first-order valence-corrected chi connectivity index (χ1v) is 13.2. The van der Waals surface area contributed by atoms with Crippen molar-refractivity contribution < 1.29 is 19.1 Å². The highest BCUT2D eigenvalue weighted by Gasteiger charge is 2.39. The van der Waals surface area contributed by atoms with Crippen LogP contribution in [0.1, 0.15) is 72.6 Å². The van der Waals surface area contributed by atoms with Crippen LogP contribution in [0.5, 0.6) is 0 Å². The van der Waals surface area contributed by atoms with Gasteiger partial charge < -0.3 is 24.7 Å². The van der Waals surface area contributed by atoms with Crippen molar-refractivity contribution in [1.82, 2.24) is 20.2 Å². The van der Waals surface area contributed by atoms with Gasteiger partial charge >= 0.3 is 0 Å². The van der Waals surface area contributed by atoms with E-state index in [1.807, 2.05) is 65.6 Å². The van der Waals surface area contributed by atoms with Crippen molar-refractivity contribution in [3.63, 3.8) is 0 Å². The number of ether oxygens (including phenoxy) is 2. The fourth-order valence-electron chi connectivity index (χ4n) is 5.25. The molecule has 2 saturated heterocycles. The summed E-state index contributed by atoms with van der Waals surface area (Å²) in [6.07, 6.45) is 4.95. The zero-order valence-corrected chi connectivity index (χ0v) is 20.7. The molecule has 3 heterocycles. The lowest BCUT2D eigenvalue weighted by Crippen LogP contribution is -2.43. The average molecular weight is 501 g/mol. The van der Waals surface area contributed by atoms with E-state index in [4.69, 9.17) is 9.47 Å². The minimum Gasteiger partial charge on any atom is -0.368 e. The van der Waals surface area contributed by atoms with E-state index in [1.165, 1.54) is 0 Å². The third-order valence-corrected chi connectivity index (χ3v) is 7.50. The molecule has 3 aromatic rings. The molecule has 6 rings (SSSR count). The van der Waals surface area contributed by atoms with Crippen LogP contribution in [0.3, 0.4) is 0 Å².